The molecule has 7 nitrogen and oxygen atoms in total. The van der Waals surface area contributed by atoms with Crippen LogP contribution < -0.4 is 9.62 Å². The summed E-state index contributed by atoms with van der Waals surface area (Å²) in [4.78, 5) is 27.3. The number of likely N-dealkylation sites (N-methyl/N-ethyl adjacent to an activating group) is 1. The highest BCUT2D eigenvalue weighted by atomic mass is 32.2. The number of carbonyl (C=O) groups excluding carboxylic acids is 2. The lowest BCUT2D eigenvalue weighted by Gasteiger charge is -2.32. The summed E-state index contributed by atoms with van der Waals surface area (Å²) in [6.07, 6.45) is 1.09. The van der Waals surface area contributed by atoms with Gasteiger partial charge in [-0.05, 0) is 42.5 Å². The average Bonchev–Trinajstić information content (AvgIpc) is 2.74. The van der Waals surface area contributed by atoms with E-state index in [4.69, 9.17) is 0 Å². The summed E-state index contributed by atoms with van der Waals surface area (Å²) in [5.74, 6) is -0.702. The molecule has 0 aliphatic rings. The maximum absolute atomic E-state index is 13.5. The fraction of sp³-hybridized carbons (Fsp3) is 0.417. The predicted molar refractivity (Wildman–Crippen MR) is 128 cm³/mol. The Morgan fingerprint density at radius 1 is 1.00 bits per heavy atom. The molecule has 0 bridgehead atoms. The highest BCUT2D eigenvalue weighted by Crippen LogP contribution is 2.29. The molecule has 2 amide bonds. The topological polar surface area (TPSA) is 86.8 Å². The first-order valence-electron chi connectivity index (χ1n) is 10.6. The zero-order valence-electron chi connectivity index (χ0n) is 19.6. The molecule has 0 saturated carbocycles. The maximum Gasteiger partial charge on any atom is 0.244 e. The quantitative estimate of drug-likeness (QED) is 0.624. The Hall–Kier alpha value is -2.87. The van der Waals surface area contributed by atoms with Crippen LogP contribution in [0.5, 0.6) is 0 Å². The number of benzene rings is 2. The van der Waals surface area contributed by atoms with Gasteiger partial charge in [0, 0.05) is 13.6 Å². The van der Waals surface area contributed by atoms with Crippen LogP contribution in [0, 0.1) is 6.92 Å². The number of hydrogen-bond acceptors (Lipinski definition) is 4. The van der Waals surface area contributed by atoms with Crippen LogP contribution in [-0.4, -0.2) is 51.0 Å². The van der Waals surface area contributed by atoms with Gasteiger partial charge in [-0.2, -0.15) is 0 Å². The van der Waals surface area contributed by atoms with Crippen LogP contribution in [0.3, 0.4) is 0 Å². The van der Waals surface area contributed by atoms with Crippen LogP contribution in [0.2, 0.25) is 0 Å². The van der Waals surface area contributed by atoms with E-state index in [9.17, 15) is 18.0 Å². The standard InChI is InChI=1S/C24H33N3O4S/c1-17(2)21-13-9-10-14-22(21)27(32(6,30)31)16-23(28)26(19(4)24(29)25-5)15-20-12-8-7-11-18(20)3/h7-14,17,19H,15-16H2,1-6H3,(H,25,29)/t19-/m0/s1. The number of nitrogens with one attached hydrogen (secondary N) is 1. The fourth-order valence-electron chi connectivity index (χ4n) is 3.56. The Morgan fingerprint density at radius 3 is 2.16 bits per heavy atom. The van der Waals surface area contributed by atoms with Gasteiger partial charge in [-0.3, -0.25) is 13.9 Å². The number of carbonyl (C=O) groups is 2. The van der Waals surface area contributed by atoms with Crippen molar-refractivity contribution in [3.05, 3.63) is 65.2 Å². The van der Waals surface area contributed by atoms with Crippen molar-refractivity contribution in [2.45, 2.75) is 46.2 Å². The summed E-state index contributed by atoms with van der Waals surface area (Å²) < 4.78 is 26.6. The van der Waals surface area contributed by atoms with Crippen molar-refractivity contribution in [1.82, 2.24) is 10.2 Å². The van der Waals surface area contributed by atoms with Gasteiger partial charge in [0.1, 0.15) is 12.6 Å². The van der Waals surface area contributed by atoms with Crippen molar-refractivity contribution in [2.75, 3.05) is 24.2 Å². The van der Waals surface area contributed by atoms with Gasteiger partial charge in [-0.1, -0.05) is 56.3 Å². The summed E-state index contributed by atoms with van der Waals surface area (Å²) in [7, 11) is -2.24. The van der Waals surface area contributed by atoms with Gasteiger partial charge in [0.05, 0.1) is 11.9 Å². The molecule has 0 aromatic heterocycles. The van der Waals surface area contributed by atoms with Gasteiger partial charge in [-0.15, -0.1) is 0 Å². The second kappa shape index (κ2) is 10.6. The lowest BCUT2D eigenvalue weighted by Crippen LogP contribution is -2.50. The van der Waals surface area contributed by atoms with Crippen LogP contribution in [0.1, 0.15) is 43.4 Å². The molecular formula is C24H33N3O4S. The number of hydrogen-bond donors (Lipinski definition) is 1. The zero-order chi connectivity index (χ0) is 24.1. The largest absolute Gasteiger partial charge is 0.357 e. The molecule has 0 saturated heterocycles. The molecule has 174 valence electrons. The van der Waals surface area contributed by atoms with Gasteiger partial charge in [0.2, 0.25) is 21.8 Å². The number of nitrogens with zero attached hydrogens (tertiary/aromatic N) is 2. The first-order chi connectivity index (χ1) is 15.0. The van der Waals surface area contributed by atoms with Gasteiger partial charge in [0.15, 0.2) is 0 Å². The van der Waals surface area contributed by atoms with Crippen molar-refractivity contribution in [3.8, 4) is 0 Å². The minimum atomic E-state index is -3.75. The SMILES string of the molecule is CNC(=O)[C@H](C)N(Cc1ccccc1C)C(=O)CN(c1ccccc1C(C)C)S(C)(=O)=O. The maximum atomic E-state index is 13.5. The third-order valence-electron chi connectivity index (χ3n) is 5.52. The van der Waals surface area contributed by atoms with Crippen molar-refractivity contribution in [2.24, 2.45) is 0 Å². The summed E-state index contributed by atoms with van der Waals surface area (Å²) in [6, 6.07) is 14.0. The number of para-hydroxylation sites is 1. The molecule has 0 fully saturated rings. The minimum Gasteiger partial charge on any atom is -0.357 e. The molecule has 8 heteroatoms. The van der Waals surface area contributed by atoms with Gasteiger partial charge < -0.3 is 10.2 Å². The van der Waals surface area contributed by atoms with Crippen LogP contribution in [0.15, 0.2) is 48.5 Å². The number of rotatable bonds is 9. The van der Waals surface area contributed by atoms with E-state index in [1.54, 1.807) is 19.1 Å². The van der Waals surface area contributed by atoms with Crippen molar-refractivity contribution in [1.29, 1.82) is 0 Å². The van der Waals surface area contributed by atoms with Crippen LogP contribution in [0.4, 0.5) is 5.69 Å². The molecular weight excluding hydrogens is 426 g/mol. The van der Waals surface area contributed by atoms with Crippen LogP contribution in [-0.2, 0) is 26.2 Å². The van der Waals surface area contributed by atoms with Crippen molar-refractivity contribution < 1.29 is 18.0 Å². The third-order valence-corrected chi connectivity index (χ3v) is 6.65. The number of anilines is 1. The Balaban J connectivity index is 2.47. The Bertz CT molecular complexity index is 1070. The molecule has 0 aliphatic carbocycles. The highest BCUT2D eigenvalue weighted by molar-refractivity contribution is 7.92. The number of amides is 2. The van der Waals surface area contributed by atoms with E-state index < -0.39 is 28.5 Å². The second-order valence-corrected chi connectivity index (χ2v) is 10.1. The summed E-state index contributed by atoms with van der Waals surface area (Å²) in [6.45, 7) is 7.32. The van der Waals surface area contributed by atoms with Crippen molar-refractivity contribution >= 4 is 27.5 Å². The summed E-state index contributed by atoms with van der Waals surface area (Å²) in [5.41, 5.74) is 3.18. The van der Waals surface area contributed by atoms with Crippen molar-refractivity contribution in [3.63, 3.8) is 0 Å². The summed E-state index contributed by atoms with van der Waals surface area (Å²) in [5, 5.41) is 2.58. The molecule has 2 aromatic rings. The first kappa shape index (κ1) is 25.4. The number of aryl methyl sites for hydroxylation is 1. The van der Waals surface area contributed by atoms with Crippen LogP contribution in [0.25, 0.3) is 0 Å². The lowest BCUT2D eigenvalue weighted by atomic mass is 10.0. The van der Waals surface area contributed by atoms with Crippen LogP contribution >= 0.6 is 0 Å². The van der Waals surface area contributed by atoms with E-state index in [0.717, 1.165) is 27.3 Å². The van der Waals surface area contributed by atoms with E-state index in [-0.39, 0.29) is 18.4 Å². The zero-order valence-corrected chi connectivity index (χ0v) is 20.4. The van der Waals surface area contributed by atoms with Gasteiger partial charge in [0.25, 0.3) is 0 Å². The monoisotopic (exact) mass is 459 g/mol. The molecule has 2 rings (SSSR count). The Kier molecular flexibility index (Phi) is 8.44. The molecule has 1 N–H and O–H groups in total. The van der Waals surface area contributed by atoms with E-state index >= 15 is 0 Å². The predicted octanol–water partition coefficient (Wildman–Crippen LogP) is 3.05. The Labute approximate surface area is 191 Å². The molecule has 0 unspecified atom stereocenters. The third kappa shape index (κ3) is 6.09. The molecule has 2 aromatic carbocycles. The van der Waals surface area contributed by atoms with Gasteiger partial charge in [-0.25, -0.2) is 8.42 Å². The Morgan fingerprint density at radius 2 is 1.59 bits per heavy atom. The molecule has 0 spiro atoms. The fourth-order valence-corrected chi connectivity index (χ4v) is 4.43. The number of sulfonamides is 1. The molecule has 0 aliphatic heterocycles. The van der Waals surface area contributed by atoms with E-state index in [1.165, 1.54) is 11.9 Å². The van der Waals surface area contributed by atoms with Gasteiger partial charge >= 0.3 is 0 Å². The van der Waals surface area contributed by atoms with E-state index in [1.807, 2.05) is 57.2 Å². The normalized spacial score (nSPS) is 12.3. The summed E-state index contributed by atoms with van der Waals surface area (Å²) >= 11 is 0. The van der Waals surface area contributed by atoms with E-state index in [0.29, 0.717) is 5.69 Å². The molecule has 0 radical (unpaired) electrons. The minimum absolute atomic E-state index is 0.0680. The first-order valence-corrected chi connectivity index (χ1v) is 12.4. The smallest absolute Gasteiger partial charge is 0.244 e. The molecule has 0 heterocycles. The van der Waals surface area contributed by atoms with E-state index in [2.05, 4.69) is 5.32 Å². The molecule has 32 heavy (non-hydrogen) atoms. The average molecular weight is 460 g/mol. The molecule has 1 atom stereocenters. The highest BCUT2D eigenvalue weighted by Gasteiger charge is 2.30. The lowest BCUT2D eigenvalue weighted by molar-refractivity contribution is -0.139. The second-order valence-electron chi connectivity index (χ2n) is 8.22.